The molecular formula is C16H30N2O3. The lowest BCUT2D eigenvalue weighted by atomic mass is 9.93. The van der Waals surface area contributed by atoms with Crippen LogP contribution in [0.4, 0.5) is 4.79 Å². The molecule has 0 bridgehead atoms. The lowest BCUT2D eigenvalue weighted by Gasteiger charge is -2.35. The summed E-state index contributed by atoms with van der Waals surface area (Å²) >= 11 is 0. The molecule has 122 valence electrons. The van der Waals surface area contributed by atoms with Crippen molar-refractivity contribution in [2.24, 2.45) is 5.92 Å². The minimum absolute atomic E-state index is 0.182. The van der Waals surface area contributed by atoms with E-state index >= 15 is 0 Å². The van der Waals surface area contributed by atoms with Gasteiger partial charge in [-0.15, -0.1) is 0 Å². The van der Waals surface area contributed by atoms with Crippen LogP contribution >= 0.6 is 0 Å². The maximum absolute atomic E-state index is 11.7. The van der Waals surface area contributed by atoms with Crippen LogP contribution in [0, 0.1) is 5.92 Å². The number of amides is 1. The maximum Gasteiger partial charge on any atom is 0.409 e. The quantitative estimate of drug-likeness (QED) is 0.781. The van der Waals surface area contributed by atoms with Gasteiger partial charge in [0.2, 0.25) is 0 Å². The van der Waals surface area contributed by atoms with E-state index in [0.29, 0.717) is 31.2 Å². The fourth-order valence-electron chi connectivity index (χ4n) is 3.57. The van der Waals surface area contributed by atoms with E-state index in [0.717, 1.165) is 32.4 Å². The summed E-state index contributed by atoms with van der Waals surface area (Å²) in [5, 5.41) is 13.3. The zero-order valence-corrected chi connectivity index (χ0v) is 13.2. The molecule has 5 nitrogen and oxygen atoms in total. The molecule has 0 radical (unpaired) electrons. The van der Waals surface area contributed by atoms with Crippen molar-refractivity contribution in [1.29, 1.82) is 0 Å². The normalized spacial score (nSPS) is 28.2. The van der Waals surface area contributed by atoms with Crippen LogP contribution in [0.2, 0.25) is 0 Å². The van der Waals surface area contributed by atoms with E-state index in [9.17, 15) is 9.90 Å². The first-order chi connectivity index (χ1) is 10.2. The number of hydrogen-bond donors (Lipinski definition) is 2. The average Bonchev–Trinajstić information content (AvgIpc) is 2.73. The van der Waals surface area contributed by atoms with Gasteiger partial charge in [-0.05, 0) is 38.5 Å². The standard InChI is InChI=1S/C16H30N2O3/c1-2-21-16(20)18-10-8-14(9-11-18)17-15-7-5-3-4-6-13(15)12-19/h13-15,17,19H,2-12H2,1H3. The highest BCUT2D eigenvalue weighted by molar-refractivity contribution is 5.67. The Kier molecular flexibility index (Phi) is 6.77. The van der Waals surface area contributed by atoms with Crippen LogP contribution < -0.4 is 5.32 Å². The molecule has 2 rings (SSSR count). The fraction of sp³-hybridized carbons (Fsp3) is 0.938. The third-order valence-electron chi connectivity index (χ3n) is 4.86. The summed E-state index contributed by atoms with van der Waals surface area (Å²) in [5.74, 6) is 0.399. The molecule has 2 unspecified atom stereocenters. The van der Waals surface area contributed by atoms with Crippen LogP contribution in [0.3, 0.4) is 0 Å². The number of rotatable bonds is 4. The van der Waals surface area contributed by atoms with Gasteiger partial charge in [0, 0.05) is 31.8 Å². The molecule has 2 atom stereocenters. The number of likely N-dealkylation sites (tertiary alicyclic amines) is 1. The monoisotopic (exact) mass is 298 g/mol. The van der Waals surface area contributed by atoms with Crippen LogP contribution in [0.5, 0.6) is 0 Å². The Balaban J connectivity index is 1.78. The summed E-state index contributed by atoms with van der Waals surface area (Å²) in [6, 6.07) is 0.907. The lowest BCUT2D eigenvalue weighted by molar-refractivity contribution is 0.0916. The van der Waals surface area contributed by atoms with E-state index in [2.05, 4.69) is 5.32 Å². The summed E-state index contributed by atoms with van der Waals surface area (Å²) < 4.78 is 5.05. The second-order valence-electron chi connectivity index (χ2n) is 6.31. The van der Waals surface area contributed by atoms with Crippen LogP contribution in [0.25, 0.3) is 0 Å². The molecule has 2 fully saturated rings. The van der Waals surface area contributed by atoms with Crippen molar-refractivity contribution in [1.82, 2.24) is 10.2 Å². The fourth-order valence-corrected chi connectivity index (χ4v) is 3.57. The van der Waals surface area contributed by atoms with E-state index in [4.69, 9.17) is 4.74 Å². The summed E-state index contributed by atoms with van der Waals surface area (Å²) in [6.07, 6.45) is 7.87. The number of nitrogens with zero attached hydrogens (tertiary/aromatic N) is 1. The van der Waals surface area contributed by atoms with Gasteiger partial charge in [0.1, 0.15) is 0 Å². The Bertz CT molecular complexity index is 317. The van der Waals surface area contributed by atoms with Gasteiger partial charge in [0.15, 0.2) is 0 Å². The zero-order chi connectivity index (χ0) is 15.1. The number of piperidine rings is 1. The number of aliphatic hydroxyl groups excluding tert-OH is 1. The van der Waals surface area contributed by atoms with Crippen molar-refractivity contribution in [2.45, 2.75) is 64.0 Å². The van der Waals surface area contributed by atoms with Crippen LogP contribution in [-0.2, 0) is 4.74 Å². The van der Waals surface area contributed by atoms with E-state index in [1.54, 1.807) is 4.90 Å². The highest BCUT2D eigenvalue weighted by Gasteiger charge is 2.28. The van der Waals surface area contributed by atoms with Gasteiger partial charge in [-0.25, -0.2) is 4.79 Å². The Labute approximate surface area is 128 Å². The van der Waals surface area contributed by atoms with Crippen LogP contribution in [0.1, 0.15) is 51.9 Å². The first kappa shape index (κ1) is 16.6. The minimum atomic E-state index is -0.182. The third-order valence-corrected chi connectivity index (χ3v) is 4.86. The van der Waals surface area contributed by atoms with E-state index < -0.39 is 0 Å². The SMILES string of the molecule is CCOC(=O)N1CCC(NC2CCCCCC2CO)CC1. The molecular weight excluding hydrogens is 268 g/mol. The van der Waals surface area contributed by atoms with Crippen molar-refractivity contribution in [3.63, 3.8) is 0 Å². The molecule has 5 heteroatoms. The Morgan fingerprint density at radius 1 is 1.19 bits per heavy atom. The smallest absolute Gasteiger partial charge is 0.409 e. The number of aliphatic hydroxyl groups is 1. The molecule has 0 aromatic rings. The van der Waals surface area contributed by atoms with Gasteiger partial charge in [0.25, 0.3) is 0 Å². The second-order valence-corrected chi connectivity index (χ2v) is 6.31. The second kappa shape index (κ2) is 8.59. The van der Waals surface area contributed by atoms with Crippen molar-refractivity contribution in [3.05, 3.63) is 0 Å². The summed E-state index contributed by atoms with van der Waals surface area (Å²) in [5.41, 5.74) is 0. The van der Waals surface area contributed by atoms with Gasteiger partial charge in [-0.1, -0.05) is 19.3 Å². The van der Waals surface area contributed by atoms with Gasteiger partial charge in [-0.2, -0.15) is 0 Å². The molecule has 1 aliphatic heterocycles. The summed E-state index contributed by atoms with van der Waals surface area (Å²) in [6.45, 7) is 4.12. The summed E-state index contributed by atoms with van der Waals surface area (Å²) in [4.78, 5) is 13.5. The molecule has 1 saturated carbocycles. The van der Waals surface area contributed by atoms with Crippen molar-refractivity contribution in [3.8, 4) is 0 Å². The van der Waals surface area contributed by atoms with Gasteiger partial charge >= 0.3 is 6.09 Å². The molecule has 1 saturated heterocycles. The number of ether oxygens (including phenoxy) is 1. The molecule has 1 heterocycles. The highest BCUT2D eigenvalue weighted by atomic mass is 16.6. The number of hydrogen-bond acceptors (Lipinski definition) is 4. The summed E-state index contributed by atoms with van der Waals surface area (Å²) in [7, 11) is 0. The van der Waals surface area contributed by atoms with E-state index in [1.807, 2.05) is 6.92 Å². The van der Waals surface area contributed by atoms with Gasteiger partial charge in [-0.3, -0.25) is 0 Å². The van der Waals surface area contributed by atoms with E-state index in [1.165, 1.54) is 25.7 Å². The topological polar surface area (TPSA) is 61.8 Å². The Morgan fingerprint density at radius 3 is 2.57 bits per heavy atom. The van der Waals surface area contributed by atoms with E-state index in [-0.39, 0.29) is 6.09 Å². The molecule has 0 spiro atoms. The predicted octanol–water partition coefficient (Wildman–Crippen LogP) is 2.14. The van der Waals surface area contributed by atoms with Crippen LogP contribution in [0.15, 0.2) is 0 Å². The molecule has 2 aliphatic rings. The lowest BCUT2D eigenvalue weighted by Crippen LogP contribution is -2.50. The molecule has 0 aromatic carbocycles. The van der Waals surface area contributed by atoms with Crippen molar-refractivity contribution >= 4 is 6.09 Å². The maximum atomic E-state index is 11.7. The first-order valence-electron chi connectivity index (χ1n) is 8.53. The molecule has 0 aromatic heterocycles. The van der Waals surface area contributed by atoms with Gasteiger partial charge in [0.05, 0.1) is 6.61 Å². The molecule has 21 heavy (non-hydrogen) atoms. The number of carbonyl (C=O) groups excluding carboxylic acids is 1. The first-order valence-corrected chi connectivity index (χ1v) is 8.53. The van der Waals surface area contributed by atoms with Gasteiger partial charge < -0.3 is 20.1 Å². The Morgan fingerprint density at radius 2 is 1.90 bits per heavy atom. The van der Waals surface area contributed by atoms with Crippen LogP contribution in [-0.4, -0.2) is 54.5 Å². The largest absolute Gasteiger partial charge is 0.450 e. The highest BCUT2D eigenvalue weighted by Crippen LogP contribution is 2.24. The zero-order valence-electron chi connectivity index (χ0n) is 13.2. The number of carbonyl (C=O) groups is 1. The molecule has 1 amide bonds. The minimum Gasteiger partial charge on any atom is -0.450 e. The van der Waals surface area contributed by atoms with Crippen molar-refractivity contribution in [2.75, 3.05) is 26.3 Å². The molecule has 1 aliphatic carbocycles. The number of nitrogens with one attached hydrogen (secondary N) is 1. The third kappa shape index (κ3) is 4.85. The molecule has 2 N–H and O–H groups in total. The average molecular weight is 298 g/mol. The Hall–Kier alpha value is -0.810. The van der Waals surface area contributed by atoms with Crippen molar-refractivity contribution < 1.29 is 14.6 Å². The predicted molar refractivity (Wildman–Crippen MR) is 82.2 cm³/mol.